The van der Waals surface area contributed by atoms with Crippen molar-refractivity contribution in [2.24, 2.45) is 0 Å². The van der Waals surface area contributed by atoms with Crippen LogP contribution in [0.15, 0.2) is 0 Å². The van der Waals surface area contributed by atoms with Crippen molar-refractivity contribution in [3.63, 3.8) is 0 Å². The molecule has 0 amide bonds. The van der Waals surface area contributed by atoms with E-state index in [1.54, 1.807) is 0 Å². The van der Waals surface area contributed by atoms with Gasteiger partial charge in [-0.2, -0.15) is 8.42 Å². The summed E-state index contributed by atoms with van der Waals surface area (Å²) in [7, 11) is -4.65. The van der Waals surface area contributed by atoms with E-state index in [4.69, 9.17) is 9.81 Å². The number of rotatable bonds is 2. The summed E-state index contributed by atoms with van der Waals surface area (Å²) in [6, 6.07) is 0. The Morgan fingerprint density at radius 3 is 1.75 bits per heavy atom. The predicted molar refractivity (Wildman–Crippen MR) is 16.3 cm³/mol. The van der Waals surface area contributed by atoms with Gasteiger partial charge in [0.1, 0.15) is 0 Å². The third-order valence-corrected chi connectivity index (χ3v) is 0.349. The molecule has 6 nitrogen and oxygen atoms in total. The Morgan fingerprint density at radius 1 is 1.38 bits per heavy atom. The molecular formula is H2CuO6S. The maximum atomic E-state index is 9.28. The molecule has 0 unspecified atom stereocenters. The van der Waals surface area contributed by atoms with Crippen molar-refractivity contribution in [3.05, 3.63) is 0 Å². The summed E-state index contributed by atoms with van der Waals surface area (Å²) in [5, 5.41) is 9.71. The average molecular weight is 194 g/mol. The van der Waals surface area contributed by atoms with Gasteiger partial charge in [0.2, 0.25) is 0 Å². The largest absolute Gasteiger partial charge is 0.426 e. The zero-order chi connectivity index (χ0) is 5.91. The van der Waals surface area contributed by atoms with Gasteiger partial charge in [-0.25, -0.2) is 5.26 Å². The fraction of sp³-hybridized carbons (Fsp3) is 0. The van der Waals surface area contributed by atoms with Crippen LogP contribution in [-0.4, -0.2) is 18.2 Å². The average Bonchev–Trinajstić information content (AvgIpc) is 1.30. The van der Waals surface area contributed by atoms with Crippen molar-refractivity contribution in [2.75, 3.05) is 0 Å². The molecule has 0 saturated heterocycles. The Hall–Kier alpha value is 0.309. The van der Waals surface area contributed by atoms with Crippen LogP contribution >= 0.6 is 0 Å². The molecule has 8 heavy (non-hydrogen) atoms. The first-order chi connectivity index (χ1) is 3.06. The molecule has 0 aliphatic rings. The Bertz CT molecular complexity index is 121. The zero-order valence-electron chi connectivity index (χ0n) is 3.24. The van der Waals surface area contributed by atoms with Gasteiger partial charge in [-0.05, 0) is 0 Å². The second-order valence-corrected chi connectivity index (χ2v) is 1.56. The van der Waals surface area contributed by atoms with Crippen molar-refractivity contribution in [2.45, 2.75) is 0 Å². The van der Waals surface area contributed by atoms with Crippen LogP contribution in [0, 0.1) is 0 Å². The van der Waals surface area contributed by atoms with E-state index < -0.39 is 10.4 Å². The first-order valence-corrected chi connectivity index (χ1v) is 2.40. The number of hydrogen-bond donors (Lipinski definition) is 2. The summed E-state index contributed by atoms with van der Waals surface area (Å²) in [5.74, 6) is 0. The van der Waals surface area contributed by atoms with Crippen LogP contribution in [0.25, 0.3) is 0 Å². The monoisotopic (exact) mass is 193 g/mol. The molecule has 0 atom stereocenters. The summed E-state index contributed by atoms with van der Waals surface area (Å²) in [5.41, 5.74) is 0. The summed E-state index contributed by atoms with van der Waals surface area (Å²) < 4.78 is 28.9. The molecule has 0 heterocycles. The Balaban J connectivity index is 0. The van der Waals surface area contributed by atoms with Gasteiger partial charge in [-0.1, -0.05) is 9.37 Å². The summed E-state index contributed by atoms with van der Waals surface area (Å²) in [4.78, 5) is 0. The van der Waals surface area contributed by atoms with Gasteiger partial charge < -0.3 is 0 Å². The fourth-order valence-electron chi connectivity index (χ4n) is 0.0385. The second-order valence-electron chi connectivity index (χ2n) is 0.570. The van der Waals surface area contributed by atoms with E-state index >= 15 is 0 Å². The van der Waals surface area contributed by atoms with E-state index in [2.05, 4.69) is 9.37 Å². The van der Waals surface area contributed by atoms with Gasteiger partial charge in [-0.3, -0.25) is 4.55 Å². The molecule has 0 aliphatic heterocycles. The van der Waals surface area contributed by atoms with Gasteiger partial charge in [0.05, 0.1) is 0 Å². The molecule has 0 bridgehead atoms. The molecule has 0 aromatic carbocycles. The summed E-state index contributed by atoms with van der Waals surface area (Å²) >= 11 is 0. The molecule has 2 N–H and O–H groups in total. The van der Waals surface area contributed by atoms with Gasteiger partial charge in [-0.15, -0.1) is 0 Å². The van der Waals surface area contributed by atoms with E-state index in [0.717, 1.165) is 0 Å². The smallest absolute Gasteiger partial charge is 0.262 e. The van der Waals surface area contributed by atoms with E-state index in [9.17, 15) is 8.42 Å². The Labute approximate surface area is 55.7 Å². The molecule has 8 heteroatoms. The molecule has 0 saturated carbocycles. The normalized spacial score (nSPS) is 10.2. The topological polar surface area (TPSA) is 93.1 Å². The minimum Gasteiger partial charge on any atom is -0.262 e. The fourth-order valence-corrected chi connectivity index (χ4v) is 0.115. The van der Waals surface area contributed by atoms with Crippen molar-refractivity contribution in [3.8, 4) is 0 Å². The minimum absolute atomic E-state index is 0. The molecule has 0 fully saturated rings. The predicted octanol–water partition coefficient (Wildman–Crippen LogP) is -0.792. The maximum absolute atomic E-state index is 9.28. The zero-order valence-corrected chi connectivity index (χ0v) is 5.00. The standard InChI is InChI=1S/Cu.H2O6S/c;1-5-6-7(2,3)4/h;1H,(H,2,3,4). The van der Waals surface area contributed by atoms with Crippen molar-refractivity contribution >= 4 is 10.4 Å². The number of hydrogen-bond acceptors (Lipinski definition) is 5. The third kappa shape index (κ3) is 9.58. The molecule has 0 spiro atoms. The Kier molecular flexibility index (Phi) is 5.87. The molecule has 1 radical (unpaired) electrons. The molecular weight excluding hydrogens is 192 g/mol. The minimum atomic E-state index is -4.65. The van der Waals surface area contributed by atoms with E-state index in [0.29, 0.717) is 0 Å². The van der Waals surface area contributed by atoms with E-state index in [1.165, 1.54) is 0 Å². The van der Waals surface area contributed by atoms with Crippen LogP contribution < -0.4 is 0 Å². The SMILES string of the molecule is O=S(=O)(O)OOO.[Cu]. The van der Waals surface area contributed by atoms with Gasteiger partial charge in [0, 0.05) is 17.1 Å². The van der Waals surface area contributed by atoms with Crippen molar-refractivity contribution < 1.29 is 44.7 Å². The van der Waals surface area contributed by atoms with Crippen LogP contribution in [0.2, 0.25) is 0 Å². The van der Waals surface area contributed by atoms with Crippen LogP contribution in [0.5, 0.6) is 0 Å². The third-order valence-electron chi connectivity index (χ3n) is 0.116. The first kappa shape index (κ1) is 11.2. The van der Waals surface area contributed by atoms with Crippen LogP contribution in [0.3, 0.4) is 0 Å². The second kappa shape index (κ2) is 4.21. The van der Waals surface area contributed by atoms with Crippen LogP contribution in [0.1, 0.15) is 0 Å². The Morgan fingerprint density at radius 2 is 1.75 bits per heavy atom. The van der Waals surface area contributed by atoms with E-state index in [1.807, 2.05) is 0 Å². The van der Waals surface area contributed by atoms with E-state index in [-0.39, 0.29) is 17.1 Å². The summed E-state index contributed by atoms with van der Waals surface area (Å²) in [6.07, 6.45) is 0. The quantitative estimate of drug-likeness (QED) is 0.258. The first-order valence-electron chi connectivity index (χ1n) is 1.03. The van der Waals surface area contributed by atoms with Crippen LogP contribution in [-0.2, 0) is 36.8 Å². The molecule has 0 aromatic heterocycles. The van der Waals surface area contributed by atoms with Crippen LogP contribution in [0.4, 0.5) is 0 Å². The summed E-state index contributed by atoms with van der Waals surface area (Å²) in [6.45, 7) is 0. The van der Waals surface area contributed by atoms with Crippen molar-refractivity contribution in [1.82, 2.24) is 0 Å². The van der Waals surface area contributed by atoms with Crippen molar-refractivity contribution in [1.29, 1.82) is 0 Å². The van der Waals surface area contributed by atoms with Gasteiger partial charge >= 0.3 is 10.4 Å². The molecule has 0 aromatic rings. The maximum Gasteiger partial charge on any atom is 0.426 e. The van der Waals surface area contributed by atoms with Gasteiger partial charge in [0.25, 0.3) is 0 Å². The molecule has 55 valence electrons. The molecule has 0 rings (SSSR count). The molecule has 0 aliphatic carbocycles. The van der Waals surface area contributed by atoms with Gasteiger partial charge in [0.15, 0.2) is 0 Å².